The van der Waals surface area contributed by atoms with Crippen LogP contribution in [0.5, 0.6) is 0 Å². The van der Waals surface area contributed by atoms with Crippen molar-refractivity contribution in [3.05, 3.63) is 102 Å². The van der Waals surface area contributed by atoms with E-state index < -0.39 is 14.8 Å². The van der Waals surface area contributed by atoms with Gasteiger partial charge in [0, 0.05) is 72.6 Å². The zero-order chi connectivity index (χ0) is 38.4. The monoisotopic (exact) mass is 784 g/mol. The summed E-state index contributed by atoms with van der Waals surface area (Å²) in [6.07, 6.45) is 0. The maximum atomic E-state index is 11.3. The fourth-order valence-electron chi connectivity index (χ4n) is 5.56. The zero-order valence-electron chi connectivity index (χ0n) is 31.7. The Morgan fingerprint density at radius 1 is 0.732 bits per heavy atom. The van der Waals surface area contributed by atoms with Crippen molar-refractivity contribution in [1.82, 2.24) is 14.1 Å². The predicted molar refractivity (Wildman–Crippen MR) is 206 cm³/mol. The van der Waals surface area contributed by atoms with Crippen molar-refractivity contribution < 1.29 is 81.5 Å². The van der Waals surface area contributed by atoms with Gasteiger partial charge in [0.25, 0.3) is 17.1 Å². The number of anilines is 3. The molecule has 0 fully saturated rings. The number of nitrogen functional groups attached to an aromatic ring is 2. The first-order valence-electron chi connectivity index (χ1n) is 15.1. The molecule has 1 amide bonds. The second-order valence-corrected chi connectivity index (χ2v) is 10.8. The molecule has 0 saturated heterocycles. The van der Waals surface area contributed by atoms with Crippen LogP contribution in [0.15, 0.2) is 54.6 Å². The number of nitriles is 3. The molecule has 0 unspecified atom stereocenters. The molecule has 0 radical (unpaired) electrons. The van der Waals surface area contributed by atoms with E-state index in [2.05, 4.69) is 10.3 Å². The molecule has 0 aliphatic carbocycles. The summed E-state index contributed by atoms with van der Waals surface area (Å²) >= 11 is 0. The fraction of sp³-hybridized carbons (Fsp3) is 0.200. The number of rotatable bonds is 6. The number of nitrogens with one attached hydrogen (secondary N) is 2. The van der Waals surface area contributed by atoms with E-state index in [9.17, 15) is 40.4 Å². The summed E-state index contributed by atoms with van der Waals surface area (Å²) in [4.78, 5) is 44.6. The molecule has 3 aromatic carbocycles. The van der Waals surface area contributed by atoms with Gasteiger partial charge in [0.2, 0.25) is 5.91 Å². The summed E-state index contributed by atoms with van der Waals surface area (Å²) in [5, 5.41) is 63.6. The Morgan fingerprint density at radius 3 is 1.55 bits per heavy atom. The molecule has 6 aromatic rings. The van der Waals surface area contributed by atoms with Gasteiger partial charge in [0.05, 0.1) is 31.3 Å². The van der Waals surface area contributed by atoms with Gasteiger partial charge >= 0.3 is 59.1 Å². The molecule has 0 atom stereocenters. The number of aryl methyl sites for hydroxylation is 2. The van der Waals surface area contributed by atoms with Crippen molar-refractivity contribution in [2.24, 2.45) is 0 Å². The van der Waals surface area contributed by atoms with E-state index in [0.29, 0.717) is 74.1 Å². The van der Waals surface area contributed by atoms with Crippen LogP contribution in [0.3, 0.4) is 0 Å². The van der Waals surface area contributed by atoms with E-state index in [1.54, 1.807) is 15.2 Å². The van der Waals surface area contributed by atoms with Crippen LogP contribution in [-0.4, -0.2) is 34.8 Å². The number of non-ortho nitro benzene ring substituents is 3. The van der Waals surface area contributed by atoms with Crippen molar-refractivity contribution in [3.63, 3.8) is 0 Å². The number of fused-ring (bicyclic) bond motifs is 3. The number of aromatic nitrogens is 3. The quantitative estimate of drug-likeness (QED) is 0.106. The molecule has 0 aliphatic heterocycles. The van der Waals surface area contributed by atoms with Gasteiger partial charge in [0.1, 0.15) is 52.4 Å². The number of benzene rings is 3. The average Bonchev–Trinajstić information content (AvgIpc) is 3.70. The molecule has 3 aromatic heterocycles. The van der Waals surface area contributed by atoms with E-state index in [1.165, 1.54) is 55.5 Å². The Bertz CT molecular complexity index is 2590. The molecule has 0 aliphatic rings. The standard InChI is InChI=1S/C13H12N4O3.C11H10N4O2.C9H6N4O2.2CH4.2Na.2H/c1-3-16-12-6-9(17(19)20)4-5-10(12)11(7-14)13(16)15-8(2)18;1-2-14-10-5-7(15(16)17)3-4-8(10)9(6-12)11(14)13;10-4-7-6-2-1-5(13(14)15)3-8(6)12-9(7)11;;;;;;/h4-6H,3H2,1-2H3,(H,15,18);3-5H,2,13H2,1H3;1-3,12H,11H2;2*1H4;;;;/q;;;;;2*+1;2*-1. The van der Waals surface area contributed by atoms with Crippen molar-refractivity contribution in [3.8, 4) is 18.2 Å². The minimum absolute atomic E-state index is 0. The van der Waals surface area contributed by atoms with Crippen molar-refractivity contribution in [1.29, 1.82) is 15.8 Å². The second-order valence-electron chi connectivity index (χ2n) is 10.8. The summed E-state index contributed by atoms with van der Waals surface area (Å²) in [5.74, 6) is 0.657. The Balaban J connectivity index is -0.000000750. The minimum atomic E-state index is -0.498. The molecule has 0 bridgehead atoms. The van der Waals surface area contributed by atoms with Gasteiger partial charge in [0.15, 0.2) is 0 Å². The van der Waals surface area contributed by atoms with Gasteiger partial charge in [-0.15, -0.1) is 0 Å². The Kier molecular flexibility index (Phi) is 18.9. The number of H-pyrrole nitrogens is 1. The third-order valence-electron chi connectivity index (χ3n) is 7.84. The van der Waals surface area contributed by atoms with Crippen molar-refractivity contribution in [2.45, 2.75) is 48.7 Å². The van der Waals surface area contributed by atoms with Crippen LogP contribution < -0.4 is 75.9 Å². The third kappa shape index (κ3) is 10.0. The normalized spacial score (nSPS) is 9.50. The number of hydrogen-bond donors (Lipinski definition) is 4. The van der Waals surface area contributed by atoms with Gasteiger partial charge in [-0.1, -0.05) is 14.9 Å². The van der Waals surface area contributed by atoms with E-state index in [0.717, 1.165) is 0 Å². The molecular weight excluding hydrogens is 746 g/mol. The topological polar surface area (TPSA) is 308 Å². The number of nitrogens with two attached hydrogens (primary N) is 2. The van der Waals surface area contributed by atoms with E-state index in [4.69, 9.17) is 22.0 Å². The van der Waals surface area contributed by atoms with Gasteiger partial charge in [-0.2, -0.15) is 15.8 Å². The third-order valence-corrected chi connectivity index (χ3v) is 7.84. The molecule has 6 rings (SSSR count). The van der Waals surface area contributed by atoms with Crippen LogP contribution in [0.4, 0.5) is 34.5 Å². The minimum Gasteiger partial charge on any atom is -1.00 e. The second kappa shape index (κ2) is 21.2. The van der Waals surface area contributed by atoms with Gasteiger partial charge in [-0.05, 0) is 32.0 Å². The first kappa shape index (κ1) is 50.0. The first-order chi connectivity index (χ1) is 24.7. The Morgan fingerprint density at radius 2 is 1.14 bits per heavy atom. The van der Waals surface area contributed by atoms with Crippen molar-refractivity contribution in [2.75, 3.05) is 16.8 Å². The summed E-state index contributed by atoms with van der Waals surface area (Å²) in [6, 6.07) is 18.9. The predicted octanol–water partition coefficient (Wildman–Crippen LogP) is 1.46. The number of nitrogens with zero attached hydrogens (tertiary/aromatic N) is 8. The molecule has 56 heavy (non-hydrogen) atoms. The molecular formula is C35H38N12Na2O7. The van der Waals surface area contributed by atoms with Gasteiger partial charge in [-0.3, -0.25) is 35.1 Å². The molecule has 21 heteroatoms. The van der Waals surface area contributed by atoms with Crippen molar-refractivity contribution >= 4 is 73.1 Å². The summed E-state index contributed by atoms with van der Waals surface area (Å²) in [5.41, 5.74) is 14.0. The van der Waals surface area contributed by atoms with E-state index >= 15 is 0 Å². The summed E-state index contributed by atoms with van der Waals surface area (Å²) in [7, 11) is 0. The zero-order valence-corrected chi connectivity index (χ0v) is 33.7. The van der Waals surface area contributed by atoms with Crippen LogP contribution >= 0.6 is 0 Å². The number of carbonyl (C=O) groups is 1. The van der Waals surface area contributed by atoms with Gasteiger partial charge in [-0.25, -0.2) is 0 Å². The first-order valence-corrected chi connectivity index (χ1v) is 15.1. The molecule has 19 nitrogen and oxygen atoms in total. The average molecular weight is 785 g/mol. The number of carbonyl (C=O) groups excluding carboxylic acids is 1. The molecule has 6 N–H and O–H groups in total. The largest absolute Gasteiger partial charge is 1.00 e. The van der Waals surface area contributed by atoms with E-state index in [-0.39, 0.29) is 106 Å². The fourth-order valence-corrected chi connectivity index (χ4v) is 5.56. The number of nitro benzene ring substituents is 3. The Labute approximate surface area is 367 Å². The molecule has 0 saturated carbocycles. The molecule has 3 heterocycles. The van der Waals surface area contributed by atoms with Gasteiger partial charge < -0.3 is 33.8 Å². The number of amides is 1. The maximum Gasteiger partial charge on any atom is 1.00 e. The van der Waals surface area contributed by atoms with Crippen LogP contribution in [0.2, 0.25) is 0 Å². The van der Waals surface area contributed by atoms with Crippen LogP contribution in [-0.2, 0) is 17.9 Å². The Hall–Kier alpha value is -5.98. The summed E-state index contributed by atoms with van der Waals surface area (Å²) in [6.45, 7) is 6.10. The summed E-state index contributed by atoms with van der Waals surface area (Å²) < 4.78 is 3.38. The van der Waals surface area contributed by atoms with Crippen LogP contribution in [0, 0.1) is 64.3 Å². The molecule has 282 valence electrons. The van der Waals surface area contributed by atoms with E-state index in [1.807, 2.05) is 32.1 Å². The number of aromatic amines is 1. The van der Waals surface area contributed by atoms with Crippen LogP contribution in [0.25, 0.3) is 32.7 Å². The number of hydrogen-bond acceptors (Lipinski definition) is 12. The smallest absolute Gasteiger partial charge is 1.00 e. The maximum absolute atomic E-state index is 11.3. The number of nitro groups is 3. The SMILES string of the molecule is C.C.CCn1c(N)c(C#N)c2ccc([N+](=O)[O-])cc21.CCn1c(NC(C)=O)c(C#N)c2ccc([N+](=O)[O-])cc21.N#Cc1c(N)[nH]c2cc([N+](=O)[O-])ccc12.[H-].[H-].[Na+].[Na+]. The molecule has 0 spiro atoms. The van der Waals surface area contributed by atoms with Crippen LogP contribution in [0.1, 0.15) is 55.2 Å².